The van der Waals surface area contributed by atoms with Crippen molar-refractivity contribution in [2.24, 2.45) is 5.41 Å². The van der Waals surface area contributed by atoms with Crippen LogP contribution in [0.2, 0.25) is 0 Å². The van der Waals surface area contributed by atoms with Crippen LogP contribution in [0.5, 0.6) is 17.2 Å². The van der Waals surface area contributed by atoms with E-state index in [2.05, 4.69) is 12.2 Å². The van der Waals surface area contributed by atoms with Gasteiger partial charge in [-0.1, -0.05) is 30.8 Å². The number of aromatic hydroxyl groups is 1. The summed E-state index contributed by atoms with van der Waals surface area (Å²) >= 11 is 1.04. The van der Waals surface area contributed by atoms with Gasteiger partial charge in [0.25, 0.3) is 5.24 Å². The molecule has 7 heteroatoms. The normalized spacial score (nSPS) is 22.3. The van der Waals surface area contributed by atoms with Crippen LogP contribution in [0.25, 0.3) is 0 Å². The number of phenols is 1. The third-order valence-electron chi connectivity index (χ3n) is 6.59. The molecule has 6 nitrogen and oxygen atoms in total. The molecule has 4 rings (SSSR count). The van der Waals surface area contributed by atoms with E-state index in [1.807, 2.05) is 45.0 Å². The Morgan fingerprint density at radius 3 is 2.53 bits per heavy atom. The zero-order chi connectivity index (χ0) is 23.0. The average molecular weight is 456 g/mol. The maximum atomic E-state index is 11.7. The van der Waals surface area contributed by atoms with Gasteiger partial charge in [-0.25, -0.2) is 0 Å². The van der Waals surface area contributed by atoms with Crippen LogP contribution in [0.1, 0.15) is 41.2 Å². The van der Waals surface area contributed by atoms with Crippen molar-refractivity contribution >= 4 is 22.9 Å². The highest BCUT2D eigenvalue weighted by Crippen LogP contribution is 2.44. The number of carbonyl (C=O) groups excluding carboxylic acids is 2. The number of nitrogens with one attached hydrogen (secondary N) is 1. The molecule has 1 fully saturated rings. The lowest BCUT2D eigenvalue weighted by Gasteiger charge is -2.37. The fraction of sp³-hybridized carbons (Fsp3) is 0.440. The maximum absolute atomic E-state index is 11.7. The van der Waals surface area contributed by atoms with Crippen molar-refractivity contribution in [1.82, 2.24) is 5.32 Å². The van der Waals surface area contributed by atoms with E-state index in [1.54, 1.807) is 0 Å². The number of thioether (sulfide) groups is 1. The van der Waals surface area contributed by atoms with Crippen molar-refractivity contribution in [3.8, 4) is 17.2 Å². The van der Waals surface area contributed by atoms with E-state index in [0.29, 0.717) is 25.4 Å². The van der Waals surface area contributed by atoms with Crippen molar-refractivity contribution in [2.45, 2.75) is 52.2 Å². The lowest BCUT2D eigenvalue weighted by molar-refractivity contribution is -0.118. The molecular weight excluding hydrogens is 426 g/mol. The van der Waals surface area contributed by atoms with Crippen LogP contribution in [0.4, 0.5) is 4.79 Å². The van der Waals surface area contributed by atoms with Gasteiger partial charge in [0.1, 0.15) is 17.2 Å². The summed E-state index contributed by atoms with van der Waals surface area (Å²) in [5.74, 6) is 1.72. The molecule has 2 unspecified atom stereocenters. The van der Waals surface area contributed by atoms with Crippen LogP contribution in [0.3, 0.4) is 0 Å². The molecule has 2 atom stereocenters. The third-order valence-corrected chi connectivity index (χ3v) is 7.58. The molecule has 0 saturated carbocycles. The number of hydrogen-bond donors (Lipinski definition) is 2. The fourth-order valence-corrected chi connectivity index (χ4v) is 5.22. The molecule has 2 heterocycles. The Balaban J connectivity index is 1.34. The molecule has 0 spiro atoms. The first-order valence-corrected chi connectivity index (χ1v) is 11.7. The van der Waals surface area contributed by atoms with Crippen LogP contribution in [-0.4, -0.2) is 34.7 Å². The van der Waals surface area contributed by atoms with Gasteiger partial charge in [0.05, 0.1) is 18.5 Å². The van der Waals surface area contributed by atoms with Gasteiger partial charge < -0.3 is 14.6 Å². The first kappa shape index (κ1) is 22.5. The average Bonchev–Trinajstić information content (AvgIpc) is 3.08. The molecule has 0 aliphatic carbocycles. The zero-order valence-corrected chi connectivity index (χ0v) is 19.7. The van der Waals surface area contributed by atoms with E-state index < -0.39 is 0 Å². The topological polar surface area (TPSA) is 84.9 Å². The number of benzene rings is 2. The van der Waals surface area contributed by atoms with Crippen molar-refractivity contribution in [3.05, 3.63) is 52.1 Å². The van der Waals surface area contributed by atoms with Crippen molar-refractivity contribution < 1.29 is 24.2 Å². The first-order chi connectivity index (χ1) is 15.2. The second-order valence-corrected chi connectivity index (χ2v) is 10.3. The Hall–Kier alpha value is -2.67. The molecule has 2 aliphatic heterocycles. The van der Waals surface area contributed by atoms with Crippen LogP contribution in [0.15, 0.2) is 24.3 Å². The number of amides is 2. The van der Waals surface area contributed by atoms with Gasteiger partial charge in [-0.15, -0.1) is 0 Å². The Morgan fingerprint density at radius 1 is 1.16 bits per heavy atom. The Bertz CT molecular complexity index is 1070. The molecule has 0 bridgehead atoms. The minimum absolute atomic E-state index is 0.0485. The number of phenolic OH excluding ortho intramolecular Hbond substituents is 1. The van der Waals surface area contributed by atoms with Gasteiger partial charge in [-0.05, 0) is 74.4 Å². The molecule has 2 amide bonds. The van der Waals surface area contributed by atoms with Gasteiger partial charge in [0.15, 0.2) is 0 Å². The second kappa shape index (κ2) is 8.70. The van der Waals surface area contributed by atoms with Gasteiger partial charge in [-0.3, -0.25) is 14.9 Å². The monoisotopic (exact) mass is 455 g/mol. The van der Waals surface area contributed by atoms with E-state index >= 15 is 0 Å². The van der Waals surface area contributed by atoms with Gasteiger partial charge in [0.2, 0.25) is 5.91 Å². The van der Waals surface area contributed by atoms with E-state index in [4.69, 9.17) is 9.47 Å². The SMILES string of the molecule is Cc1c(C)c2c(c(C)c1O)OCC(C)(CCOc1ccc(CC3SC(=O)NC3=O)cc1)C2. The van der Waals surface area contributed by atoms with Crippen molar-refractivity contribution in [1.29, 1.82) is 0 Å². The minimum Gasteiger partial charge on any atom is -0.507 e. The highest BCUT2D eigenvalue weighted by Gasteiger charge is 2.34. The second-order valence-electron chi connectivity index (χ2n) is 9.14. The lowest BCUT2D eigenvalue weighted by atomic mass is 9.77. The molecular formula is C25H29NO5S. The number of carbonyl (C=O) groups is 2. The summed E-state index contributed by atoms with van der Waals surface area (Å²) in [6, 6.07) is 7.69. The number of imide groups is 1. The molecule has 1 saturated heterocycles. The van der Waals surface area contributed by atoms with Crippen LogP contribution >= 0.6 is 11.8 Å². The van der Waals surface area contributed by atoms with Crippen molar-refractivity contribution in [2.75, 3.05) is 13.2 Å². The minimum atomic E-state index is -0.360. The first-order valence-electron chi connectivity index (χ1n) is 10.8. The largest absolute Gasteiger partial charge is 0.507 e. The van der Waals surface area contributed by atoms with Crippen molar-refractivity contribution in [3.63, 3.8) is 0 Å². The van der Waals surface area contributed by atoms with Crippen LogP contribution in [0, 0.1) is 26.2 Å². The molecule has 0 radical (unpaired) electrons. The molecule has 2 aromatic rings. The Morgan fingerprint density at radius 2 is 1.88 bits per heavy atom. The van der Waals surface area contributed by atoms with E-state index in [9.17, 15) is 14.7 Å². The number of rotatable bonds is 6. The molecule has 32 heavy (non-hydrogen) atoms. The number of fused-ring (bicyclic) bond motifs is 1. The summed E-state index contributed by atoms with van der Waals surface area (Å²) in [6.45, 7) is 9.27. The number of ether oxygens (including phenoxy) is 2. The molecule has 2 aromatic carbocycles. The Labute approximate surface area is 192 Å². The summed E-state index contributed by atoms with van der Waals surface area (Å²) in [5.41, 5.74) is 4.97. The lowest BCUT2D eigenvalue weighted by Crippen LogP contribution is -2.34. The van der Waals surface area contributed by atoms with Gasteiger partial charge in [0, 0.05) is 11.0 Å². The van der Waals surface area contributed by atoms with Crippen LogP contribution in [-0.2, 0) is 17.6 Å². The Kier molecular flexibility index (Phi) is 6.12. The number of hydrogen-bond acceptors (Lipinski definition) is 6. The molecule has 170 valence electrons. The summed E-state index contributed by atoms with van der Waals surface area (Å²) in [7, 11) is 0. The fourth-order valence-electron chi connectivity index (χ4n) is 4.36. The third kappa shape index (κ3) is 4.44. The van der Waals surface area contributed by atoms with E-state index in [0.717, 1.165) is 58.4 Å². The summed E-state index contributed by atoms with van der Waals surface area (Å²) in [4.78, 5) is 23.0. The zero-order valence-electron chi connectivity index (χ0n) is 18.9. The van der Waals surface area contributed by atoms with Gasteiger partial charge >= 0.3 is 0 Å². The smallest absolute Gasteiger partial charge is 0.286 e. The summed E-state index contributed by atoms with van der Waals surface area (Å²) in [5, 5.41) is 12.0. The van der Waals surface area contributed by atoms with Crippen LogP contribution < -0.4 is 14.8 Å². The highest BCUT2D eigenvalue weighted by atomic mass is 32.2. The van der Waals surface area contributed by atoms with E-state index in [-0.39, 0.29) is 21.8 Å². The molecule has 2 N–H and O–H groups in total. The molecule has 2 aliphatic rings. The highest BCUT2D eigenvalue weighted by molar-refractivity contribution is 8.15. The predicted molar refractivity (Wildman–Crippen MR) is 125 cm³/mol. The quantitative estimate of drug-likeness (QED) is 0.661. The summed E-state index contributed by atoms with van der Waals surface area (Å²) in [6.07, 6.45) is 2.25. The standard InChI is InChI=1S/C25H29NO5S/c1-14-15(2)21(27)16(3)22-19(14)12-25(4,13-31-22)9-10-30-18-7-5-17(6-8-18)11-20-23(28)26-24(29)32-20/h5-8,20,27H,9-13H2,1-4H3,(H,26,28,29). The predicted octanol–water partition coefficient (Wildman–Crippen LogP) is 4.62. The van der Waals surface area contributed by atoms with E-state index in [1.165, 1.54) is 5.56 Å². The maximum Gasteiger partial charge on any atom is 0.286 e. The van der Waals surface area contributed by atoms with Gasteiger partial charge in [-0.2, -0.15) is 0 Å². The summed E-state index contributed by atoms with van der Waals surface area (Å²) < 4.78 is 12.1. The molecule has 0 aromatic heterocycles.